The number of carboxylic acids is 1. The monoisotopic (exact) mass is 461 g/mol. The number of hydrazine groups is 1. The maximum absolute atomic E-state index is 13.1. The average Bonchev–Trinajstić information content (AvgIpc) is 2.91. The van der Waals surface area contributed by atoms with Crippen LogP contribution in [0, 0.1) is 0 Å². The van der Waals surface area contributed by atoms with E-state index in [1.807, 2.05) is 0 Å². The van der Waals surface area contributed by atoms with E-state index in [0.717, 1.165) is 10.6 Å². The van der Waals surface area contributed by atoms with Crippen molar-refractivity contribution in [2.75, 3.05) is 19.8 Å². The van der Waals surface area contributed by atoms with Crippen molar-refractivity contribution in [2.24, 2.45) is 0 Å². The molecule has 32 heavy (non-hydrogen) atoms. The quantitative estimate of drug-likeness (QED) is 0.606. The molecule has 0 radical (unpaired) electrons. The lowest BCUT2D eigenvalue weighted by Gasteiger charge is -2.41. The first-order valence-corrected chi connectivity index (χ1v) is 10.8. The zero-order valence-corrected chi connectivity index (χ0v) is 18.1. The Morgan fingerprint density at radius 3 is 2.66 bits per heavy atom. The lowest BCUT2D eigenvalue weighted by Crippen LogP contribution is -2.62. The molecule has 3 heterocycles. The van der Waals surface area contributed by atoms with E-state index in [1.54, 1.807) is 18.2 Å². The number of nitrogens with one attached hydrogen (secondary N) is 1. The predicted molar refractivity (Wildman–Crippen MR) is 114 cm³/mol. The molecule has 2 N–H and O–H groups in total. The third-order valence-corrected chi connectivity index (χ3v) is 6.01. The number of carbonyl (C=O) groups is 4. The highest BCUT2D eigenvalue weighted by molar-refractivity contribution is 7.82. The number of fused-ring (bicyclic) bond motifs is 2. The molecular formula is C21H23N3O7S. The largest absolute Gasteiger partial charge is 0.486 e. The second kappa shape index (κ2) is 9.11. The highest BCUT2D eigenvalue weighted by Crippen LogP contribution is 2.31. The maximum Gasteiger partial charge on any atom is 0.328 e. The molecule has 0 aromatic heterocycles. The first-order chi connectivity index (χ1) is 15.3. The molecule has 1 aromatic rings. The highest BCUT2D eigenvalue weighted by Gasteiger charge is 2.44. The fraction of sp³-hybridized carbons (Fsp3) is 0.476. The second-order valence-electron chi connectivity index (χ2n) is 7.84. The Kier molecular flexibility index (Phi) is 6.26. The lowest BCUT2D eigenvalue weighted by atomic mass is 10.1. The summed E-state index contributed by atoms with van der Waals surface area (Å²) in [5.74, 6) is -1.52. The van der Waals surface area contributed by atoms with Gasteiger partial charge in [-0.2, -0.15) is 0 Å². The van der Waals surface area contributed by atoms with Gasteiger partial charge in [0.2, 0.25) is 5.91 Å². The Balaban J connectivity index is 1.45. The van der Waals surface area contributed by atoms with Crippen LogP contribution in [0.5, 0.6) is 11.5 Å². The Hall–Kier alpha value is -3.21. The van der Waals surface area contributed by atoms with E-state index in [4.69, 9.17) is 21.7 Å². The minimum Gasteiger partial charge on any atom is -0.486 e. The number of amides is 3. The smallest absolute Gasteiger partial charge is 0.328 e. The summed E-state index contributed by atoms with van der Waals surface area (Å²) in [6.07, 6.45) is 0.992. The van der Waals surface area contributed by atoms with Crippen LogP contribution < -0.4 is 14.8 Å². The van der Waals surface area contributed by atoms with E-state index < -0.39 is 29.9 Å². The molecule has 3 aliphatic rings. The number of ether oxygens (including phenoxy) is 2. The molecule has 1 aromatic carbocycles. The minimum atomic E-state index is -1.18. The molecule has 2 fully saturated rings. The minimum absolute atomic E-state index is 0.0223. The molecule has 10 nitrogen and oxygen atoms in total. The molecule has 170 valence electrons. The first-order valence-electron chi connectivity index (χ1n) is 10.4. The molecule has 0 spiro atoms. The zero-order chi connectivity index (χ0) is 22.8. The van der Waals surface area contributed by atoms with Crippen molar-refractivity contribution in [1.82, 2.24) is 15.3 Å². The molecule has 0 bridgehead atoms. The van der Waals surface area contributed by atoms with Crippen LogP contribution in [0.2, 0.25) is 0 Å². The molecule has 0 saturated carbocycles. The highest BCUT2D eigenvalue weighted by atomic mass is 32.1. The molecule has 0 aliphatic carbocycles. The van der Waals surface area contributed by atoms with Gasteiger partial charge in [-0.25, -0.2) is 9.80 Å². The Labute approximate surface area is 189 Å². The molecule has 2 saturated heterocycles. The van der Waals surface area contributed by atoms with Gasteiger partial charge in [-0.05, 0) is 37.0 Å². The van der Waals surface area contributed by atoms with Gasteiger partial charge in [0.15, 0.2) is 17.5 Å². The van der Waals surface area contributed by atoms with E-state index in [1.165, 1.54) is 5.01 Å². The third kappa shape index (κ3) is 4.38. The van der Waals surface area contributed by atoms with Gasteiger partial charge in [0.05, 0.1) is 4.86 Å². The Morgan fingerprint density at radius 1 is 1.16 bits per heavy atom. The van der Waals surface area contributed by atoms with E-state index >= 15 is 0 Å². The van der Waals surface area contributed by atoms with Crippen LogP contribution in [0.3, 0.4) is 0 Å². The van der Waals surface area contributed by atoms with E-state index in [9.17, 15) is 24.3 Å². The number of hydrogen-bond acceptors (Lipinski definition) is 7. The summed E-state index contributed by atoms with van der Waals surface area (Å²) in [7, 11) is 0. The van der Waals surface area contributed by atoms with Crippen LogP contribution in [-0.2, 0) is 25.6 Å². The number of hydrogen-bond donors (Lipinski definition) is 2. The fourth-order valence-corrected chi connectivity index (χ4v) is 4.32. The van der Waals surface area contributed by atoms with Crippen LogP contribution >= 0.6 is 12.2 Å². The maximum atomic E-state index is 13.1. The molecular weight excluding hydrogens is 438 g/mol. The van der Waals surface area contributed by atoms with Crippen molar-refractivity contribution >= 4 is 40.8 Å². The molecule has 11 heteroatoms. The summed E-state index contributed by atoms with van der Waals surface area (Å²) in [5, 5.41) is 14.3. The topological polar surface area (TPSA) is 125 Å². The van der Waals surface area contributed by atoms with Gasteiger partial charge in [0.25, 0.3) is 11.8 Å². The first kappa shape index (κ1) is 22.0. The van der Waals surface area contributed by atoms with Gasteiger partial charge in [-0.1, -0.05) is 18.3 Å². The average molecular weight is 461 g/mol. The Bertz CT molecular complexity index is 982. The zero-order valence-electron chi connectivity index (χ0n) is 17.2. The predicted octanol–water partition coefficient (Wildman–Crippen LogP) is 0.468. The molecule has 1 unspecified atom stereocenters. The summed E-state index contributed by atoms with van der Waals surface area (Å²) >= 11 is 5.28. The van der Waals surface area contributed by atoms with Crippen molar-refractivity contribution in [1.29, 1.82) is 0 Å². The van der Waals surface area contributed by atoms with Gasteiger partial charge in [0, 0.05) is 19.4 Å². The van der Waals surface area contributed by atoms with Crippen molar-refractivity contribution in [2.45, 2.75) is 44.2 Å². The fourth-order valence-electron chi connectivity index (χ4n) is 4.09. The second-order valence-corrected chi connectivity index (χ2v) is 8.33. The number of rotatable bonds is 5. The number of carbonyl (C=O) groups excluding carboxylic acids is 3. The number of nitrogens with zero attached hydrogens (tertiary/aromatic N) is 2. The van der Waals surface area contributed by atoms with Crippen molar-refractivity contribution in [3.8, 4) is 11.5 Å². The number of thiocarbonyl (C=S) groups is 1. The van der Waals surface area contributed by atoms with Gasteiger partial charge in [0.1, 0.15) is 19.3 Å². The SMILES string of the molecule is O=C(NC1CCC(=O)N2CCC[C@@H](C(=O)O)N2C1=O)C(=S)Cc1ccc2c(c1)OCCO2. The van der Waals surface area contributed by atoms with Gasteiger partial charge < -0.3 is 19.9 Å². The van der Waals surface area contributed by atoms with Crippen LogP contribution in [0.25, 0.3) is 0 Å². The molecule has 2 atom stereocenters. The van der Waals surface area contributed by atoms with Crippen molar-refractivity contribution in [3.05, 3.63) is 23.8 Å². The summed E-state index contributed by atoms with van der Waals surface area (Å²) in [4.78, 5) is 50.0. The summed E-state index contributed by atoms with van der Waals surface area (Å²) in [5.41, 5.74) is 0.755. The van der Waals surface area contributed by atoms with Crippen LogP contribution in [0.1, 0.15) is 31.2 Å². The van der Waals surface area contributed by atoms with Crippen molar-refractivity contribution in [3.63, 3.8) is 0 Å². The summed E-state index contributed by atoms with van der Waals surface area (Å²) in [6, 6.07) is 3.12. The van der Waals surface area contributed by atoms with E-state index in [0.29, 0.717) is 31.1 Å². The summed E-state index contributed by atoms with van der Waals surface area (Å²) in [6.45, 7) is 1.19. The van der Waals surface area contributed by atoms with Gasteiger partial charge in [-0.3, -0.25) is 19.4 Å². The van der Waals surface area contributed by atoms with Gasteiger partial charge in [-0.15, -0.1) is 0 Å². The summed E-state index contributed by atoms with van der Waals surface area (Å²) < 4.78 is 11.0. The van der Waals surface area contributed by atoms with E-state index in [-0.39, 0.29) is 43.0 Å². The lowest BCUT2D eigenvalue weighted by molar-refractivity contribution is -0.180. The molecule has 3 amide bonds. The Morgan fingerprint density at radius 2 is 1.91 bits per heavy atom. The number of carboxylic acid groups (broad SMARTS) is 1. The molecule has 4 rings (SSSR count). The molecule has 3 aliphatic heterocycles. The van der Waals surface area contributed by atoms with Crippen molar-refractivity contribution < 1.29 is 33.8 Å². The number of benzene rings is 1. The third-order valence-electron chi connectivity index (χ3n) is 5.68. The normalized spacial score (nSPS) is 22.6. The van der Waals surface area contributed by atoms with Crippen LogP contribution in [0.15, 0.2) is 18.2 Å². The van der Waals surface area contributed by atoms with Crippen LogP contribution in [0.4, 0.5) is 0 Å². The van der Waals surface area contributed by atoms with Gasteiger partial charge >= 0.3 is 5.97 Å². The van der Waals surface area contributed by atoms with E-state index in [2.05, 4.69) is 5.32 Å². The standard InChI is InChI=1S/C21H23N3O7S/c25-18-6-4-13(20(27)24-14(21(28)29)2-1-7-23(18)24)22-19(26)17(32)11-12-3-5-15-16(10-12)31-9-8-30-15/h3,5,10,13-14H,1-2,4,6-9,11H2,(H,22,26)(H,28,29)/t13?,14-/m0/s1. The number of aliphatic carboxylic acids is 1. The van der Waals surface area contributed by atoms with Crippen LogP contribution in [-0.4, -0.2) is 75.5 Å².